The average molecular weight is 322 g/mol. The van der Waals surface area contributed by atoms with Crippen LogP contribution >= 0.6 is 11.6 Å². The number of carbonyl (C=O) groups is 1. The number of carboxylic acid groups (broad SMARTS) is 1. The molecule has 0 saturated carbocycles. The van der Waals surface area contributed by atoms with Gasteiger partial charge in [-0.15, -0.1) is 0 Å². The van der Waals surface area contributed by atoms with E-state index in [4.69, 9.17) is 16.7 Å². The molecule has 0 bridgehead atoms. The van der Waals surface area contributed by atoms with E-state index in [-0.39, 0.29) is 12.6 Å². The molecule has 7 heteroatoms. The average Bonchev–Trinajstić information content (AvgIpc) is 2.94. The van der Waals surface area contributed by atoms with Gasteiger partial charge in [0.2, 0.25) is 0 Å². The Morgan fingerprint density at radius 1 is 1.50 bits per heavy atom. The Morgan fingerprint density at radius 3 is 3.05 bits per heavy atom. The van der Waals surface area contributed by atoms with Crippen molar-refractivity contribution in [3.8, 4) is 0 Å². The Balaban J connectivity index is 1.87. The molecule has 6 nitrogen and oxygen atoms in total. The molecule has 1 atom stereocenters. The minimum absolute atomic E-state index is 0.0444. The van der Waals surface area contributed by atoms with Crippen LogP contribution in [0.4, 0.5) is 10.5 Å². The van der Waals surface area contributed by atoms with Crippen molar-refractivity contribution in [2.45, 2.75) is 31.9 Å². The monoisotopic (exact) mass is 321 g/mol. The molecule has 2 aromatic rings. The van der Waals surface area contributed by atoms with Crippen LogP contribution in [0.2, 0.25) is 5.02 Å². The van der Waals surface area contributed by atoms with Gasteiger partial charge in [0.15, 0.2) is 0 Å². The van der Waals surface area contributed by atoms with Crippen molar-refractivity contribution in [2.75, 3.05) is 5.32 Å². The van der Waals surface area contributed by atoms with E-state index in [0.717, 1.165) is 40.9 Å². The first-order chi connectivity index (χ1) is 10.6. The highest BCUT2D eigenvalue weighted by atomic mass is 35.5. The number of benzene rings is 1. The van der Waals surface area contributed by atoms with Gasteiger partial charge in [0.1, 0.15) is 0 Å². The summed E-state index contributed by atoms with van der Waals surface area (Å²) in [5.41, 5.74) is 3.21. The zero-order valence-corrected chi connectivity index (χ0v) is 12.5. The quantitative estimate of drug-likeness (QED) is 0.808. The van der Waals surface area contributed by atoms with Crippen molar-refractivity contribution in [3.63, 3.8) is 0 Å². The van der Waals surface area contributed by atoms with Crippen LogP contribution in [0, 0.1) is 0 Å². The number of halogens is 1. The molecule has 1 aliphatic rings. The summed E-state index contributed by atoms with van der Waals surface area (Å²) in [6, 6.07) is 5.32. The van der Waals surface area contributed by atoms with Crippen molar-refractivity contribution in [3.05, 3.63) is 46.2 Å². The standard InChI is InChI=1S/C15H16ClN3O3/c16-12-5-4-11(6-10(12)8-20)17-13-3-1-2-9-7-19(15(21)22)18-14(9)13/h4-7,13,17,20H,1-3,8H2,(H,21,22). The fraction of sp³-hybridized carbons (Fsp3) is 0.333. The van der Waals surface area contributed by atoms with Crippen molar-refractivity contribution in [2.24, 2.45) is 0 Å². The van der Waals surface area contributed by atoms with Crippen LogP contribution in [0.5, 0.6) is 0 Å². The number of rotatable bonds is 3. The molecule has 116 valence electrons. The molecule has 1 aliphatic carbocycles. The van der Waals surface area contributed by atoms with Crippen molar-refractivity contribution < 1.29 is 15.0 Å². The van der Waals surface area contributed by atoms with Gasteiger partial charge in [-0.1, -0.05) is 11.6 Å². The van der Waals surface area contributed by atoms with Crippen LogP contribution in [0.1, 0.15) is 35.7 Å². The zero-order chi connectivity index (χ0) is 15.7. The maximum atomic E-state index is 11.0. The number of aryl methyl sites for hydroxylation is 1. The third-order valence-corrected chi connectivity index (χ3v) is 4.21. The van der Waals surface area contributed by atoms with Gasteiger partial charge in [-0.05, 0) is 48.6 Å². The fourth-order valence-electron chi connectivity index (χ4n) is 2.77. The lowest BCUT2D eigenvalue weighted by molar-refractivity contribution is 0.192. The maximum absolute atomic E-state index is 11.0. The first-order valence-corrected chi connectivity index (χ1v) is 7.44. The highest BCUT2D eigenvalue weighted by Crippen LogP contribution is 2.32. The van der Waals surface area contributed by atoms with Gasteiger partial charge in [-0.3, -0.25) is 0 Å². The van der Waals surface area contributed by atoms with Gasteiger partial charge in [0.25, 0.3) is 0 Å². The first kappa shape index (κ1) is 14.9. The molecule has 0 spiro atoms. The SMILES string of the molecule is O=C(O)n1cc2c(n1)C(Nc1ccc(Cl)c(CO)c1)CCC2. The summed E-state index contributed by atoms with van der Waals surface area (Å²) in [5, 5.41) is 26.4. The largest absolute Gasteiger partial charge is 0.463 e. The summed E-state index contributed by atoms with van der Waals surface area (Å²) < 4.78 is 0.964. The van der Waals surface area contributed by atoms with Gasteiger partial charge >= 0.3 is 6.09 Å². The Bertz CT molecular complexity index is 714. The van der Waals surface area contributed by atoms with Gasteiger partial charge in [0.05, 0.1) is 18.3 Å². The second-order valence-electron chi connectivity index (χ2n) is 5.32. The molecule has 0 fully saturated rings. The van der Waals surface area contributed by atoms with Gasteiger partial charge in [-0.25, -0.2) is 4.79 Å². The lowest BCUT2D eigenvalue weighted by Gasteiger charge is -2.23. The second kappa shape index (κ2) is 5.98. The fourth-order valence-corrected chi connectivity index (χ4v) is 2.95. The van der Waals surface area contributed by atoms with E-state index in [9.17, 15) is 9.90 Å². The van der Waals surface area contributed by atoms with Crippen LogP contribution < -0.4 is 5.32 Å². The van der Waals surface area contributed by atoms with Crippen LogP contribution in [0.15, 0.2) is 24.4 Å². The molecule has 3 N–H and O–H groups in total. The first-order valence-electron chi connectivity index (χ1n) is 7.06. The summed E-state index contributed by atoms with van der Waals surface area (Å²) in [6.45, 7) is -0.127. The zero-order valence-electron chi connectivity index (χ0n) is 11.8. The number of aliphatic hydroxyl groups is 1. The summed E-state index contributed by atoms with van der Waals surface area (Å²) in [7, 11) is 0. The number of fused-ring (bicyclic) bond motifs is 1. The Hall–Kier alpha value is -2.05. The Labute approximate surface area is 132 Å². The van der Waals surface area contributed by atoms with Crippen LogP contribution in [-0.2, 0) is 13.0 Å². The highest BCUT2D eigenvalue weighted by molar-refractivity contribution is 6.31. The third-order valence-electron chi connectivity index (χ3n) is 3.84. The number of nitrogens with zero attached hydrogens (tertiary/aromatic N) is 2. The van der Waals surface area contributed by atoms with E-state index < -0.39 is 6.09 Å². The third kappa shape index (κ3) is 2.80. The number of hydrogen-bond donors (Lipinski definition) is 3. The molecule has 0 saturated heterocycles. The molecule has 0 aliphatic heterocycles. The number of anilines is 1. The predicted molar refractivity (Wildman–Crippen MR) is 82.3 cm³/mol. The topological polar surface area (TPSA) is 87.4 Å². The maximum Gasteiger partial charge on any atom is 0.432 e. The van der Waals surface area contributed by atoms with Gasteiger partial charge < -0.3 is 15.5 Å². The van der Waals surface area contributed by atoms with E-state index in [1.54, 1.807) is 18.3 Å². The summed E-state index contributed by atoms with van der Waals surface area (Å²) in [6.07, 6.45) is 3.18. The van der Waals surface area contributed by atoms with Crippen LogP contribution in [-0.4, -0.2) is 26.1 Å². The molecule has 0 radical (unpaired) electrons. The smallest absolute Gasteiger partial charge is 0.432 e. The predicted octanol–water partition coefficient (Wildman–Crippen LogP) is 3.04. The van der Waals surface area contributed by atoms with Gasteiger partial charge in [0, 0.05) is 16.9 Å². The molecular weight excluding hydrogens is 306 g/mol. The normalized spacial score (nSPS) is 17.1. The molecule has 1 aromatic heterocycles. The lowest BCUT2D eigenvalue weighted by atomic mass is 9.93. The molecule has 1 unspecified atom stereocenters. The lowest BCUT2D eigenvalue weighted by Crippen LogP contribution is -2.18. The Kier molecular flexibility index (Phi) is 4.04. The molecule has 0 amide bonds. The van der Waals surface area contributed by atoms with Crippen LogP contribution in [0.3, 0.4) is 0 Å². The van der Waals surface area contributed by atoms with Crippen molar-refractivity contribution in [1.82, 2.24) is 9.78 Å². The highest BCUT2D eigenvalue weighted by Gasteiger charge is 2.25. The van der Waals surface area contributed by atoms with E-state index in [1.807, 2.05) is 6.07 Å². The summed E-state index contributed by atoms with van der Waals surface area (Å²) >= 11 is 5.99. The summed E-state index contributed by atoms with van der Waals surface area (Å²) in [4.78, 5) is 11.0. The number of hydrogen-bond acceptors (Lipinski definition) is 4. The van der Waals surface area contributed by atoms with E-state index >= 15 is 0 Å². The van der Waals surface area contributed by atoms with Crippen molar-refractivity contribution >= 4 is 23.4 Å². The molecule has 3 rings (SSSR count). The molecular formula is C15H16ClN3O3. The number of aliphatic hydroxyl groups excluding tert-OH is 1. The minimum atomic E-state index is -1.08. The van der Waals surface area contributed by atoms with E-state index in [2.05, 4.69) is 10.4 Å². The van der Waals surface area contributed by atoms with Crippen molar-refractivity contribution in [1.29, 1.82) is 0 Å². The molecule has 1 aromatic carbocycles. The second-order valence-corrected chi connectivity index (χ2v) is 5.73. The van der Waals surface area contributed by atoms with Crippen LogP contribution in [0.25, 0.3) is 0 Å². The molecule has 1 heterocycles. The van der Waals surface area contributed by atoms with E-state index in [0.29, 0.717) is 10.6 Å². The van der Waals surface area contributed by atoms with E-state index in [1.165, 1.54) is 0 Å². The number of nitrogens with one attached hydrogen (secondary N) is 1. The van der Waals surface area contributed by atoms with Gasteiger partial charge in [-0.2, -0.15) is 9.78 Å². The molecule has 22 heavy (non-hydrogen) atoms. The minimum Gasteiger partial charge on any atom is -0.463 e. The summed E-state index contributed by atoms with van der Waals surface area (Å²) in [5.74, 6) is 0. The Morgan fingerprint density at radius 2 is 2.32 bits per heavy atom. The number of aromatic nitrogens is 2.